The highest BCUT2D eigenvalue weighted by atomic mass is 32.1. The molecule has 2 aromatic rings. The Morgan fingerprint density at radius 3 is 3.11 bits per heavy atom. The number of aromatic nitrogens is 1. The largest absolute Gasteiger partial charge is 0.395 e. The Morgan fingerprint density at radius 2 is 2.22 bits per heavy atom. The summed E-state index contributed by atoms with van der Waals surface area (Å²) in [7, 11) is 0. The second kappa shape index (κ2) is 4.76. The summed E-state index contributed by atoms with van der Waals surface area (Å²) in [6.07, 6.45) is 3.85. The van der Waals surface area contributed by atoms with E-state index in [-0.39, 0.29) is 0 Å². The molecule has 18 heavy (non-hydrogen) atoms. The van der Waals surface area contributed by atoms with Gasteiger partial charge >= 0.3 is 0 Å². The van der Waals surface area contributed by atoms with E-state index >= 15 is 0 Å². The SMILES string of the molecule is CC1CCCN(c2ccc3scnc3c2N)CC1. The zero-order valence-electron chi connectivity index (χ0n) is 10.7. The average molecular weight is 261 g/mol. The van der Waals surface area contributed by atoms with E-state index in [9.17, 15) is 0 Å². The average Bonchev–Trinajstić information content (AvgIpc) is 2.74. The molecule has 2 N–H and O–H groups in total. The molecule has 1 unspecified atom stereocenters. The lowest BCUT2D eigenvalue weighted by Gasteiger charge is -2.24. The predicted octanol–water partition coefficient (Wildman–Crippen LogP) is 3.50. The van der Waals surface area contributed by atoms with Gasteiger partial charge in [0.1, 0.15) is 5.52 Å². The van der Waals surface area contributed by atoms with Gasteiger partial charge < -0.3 is 10.6 Å². The monoisotopic (exact) mass is 261 g/mol. The molecule has 0 bridgehead atoms. The van der Waals surface area contributed by atoms with Crippen molar-refractivity contribution in [2.45, 2.75) is 26.2 Å². The molecule has 0 saturated carbocycles. The minimum atomic E-state index is 0.833. The van der Waals surface area contributed by atoms with Crippen molar-refractivity contribution in [3.8, 4) is 0 Å². The van der Waals surface area contributed by atoms with Gasteiger partial charge in [-0.3, -0.25) is 0 Å². The number of nitrogen functional groups attached to an aromatic ring is 1. The fourth-order valence-electron chi connectivity index (χ4n) is 2.72. The summed E-state index contributed by atoms with van der Waals surface area (Å²) in [5.74, 6) is 0.833. The van der Waals surface area contributed by atoms with Crippen molar-refractivity contribution in [3.05, 3.63) is 17.6 Å². The molecule has 1 aliphatic heterocycles. The molecule has 3 rings (SSSR count). The molecule has 0 radical (unpaired) electrons. The van der Waals surface area contributed by atoms with E-state index in [1.807, 2.05) is 5.51 Å². The molecule has 0 amide bonds. The van der Waals surface area contributed by atoms with Crippen LogP contribution in [0.15, 0.2) is 17.6 Å². The van der Waals surface area contributed by atoms with Crippen molar-refractivity contribution in [3.63, 3.8) is 0 Å². The molecule has 96 valence electrons. The Kier molecular flexibility index (Phi) is 3.12. The molecule has 4 heteroatoms. The number of hydrogen-bond acceptors (Lipinski definition) is 4. The summed E-state index contributed by atoms with van der Waals surface area (Å²) in [6.45, 7) is 4.57. The van der Waals surface area contributed by atoms with Gasteiger partial charge in [0.2, 0.25) is 0 Å². The minimum absolute atomic E-state index is 0.833. The van der Waals surface area contributed by atoms with Gasteiger partial charge in [-0.15, -0.1) is 11.3 Å². The smallest absolute Gasteiger partial charge is 0.106 e. The molecular formula is C14H19N3S. The molecular weight excluding hydrogens is 242 g/mol. The molecule has 3 nitrogen and oxygen atoms in total. The van der Waals surface area contributed by atoms with Crippen LogP contribution in [0.2, 0.25) is 0 Å². The number of rotatable bonds is 1. The Labute approximate surface area is 112 Å². The molecule has 1 fully saturated rings. The highest BCUT2D eigenvalue weighted by Crippen LogP contribution is 2.33. The van der Waals surface area contributed by atoms with Crippen molar-refractivity contribution in [2.24, 2.45) is 5.92 Å². The van der Waals surface area contributed by atoms with Crippen LogP contribution in [0.4, 0.5) is 11.4 Å². The standard InChI is InChI=1S/C14H19N3S/c1-10-3-2-7-17(8-6-10)11-4-5-12-14(13(11)15)16-9-18-12/h4-5,9-10H,2-3,6-8,15H2,1H3. The Balaban J connectivity index is 1.95. The van der Waals surface area contributed by atoms with Crippen LogP contribution in [-0.4, -0.2) is 18.1 Å². The summed E-state index contributed by atoms with van der Waals surface area (Å²) in [4.78, 5) is 6.81. The fourth-order valence-corrected chi connectivity index (χ4v) is 3.41. The first-order valence-corrected chi connectivity index (χ1v) is 7.50. The fraction of sp³-hybridized carbons (Fsp3) is 0.500. The molecule has 0 aliphatic carbocycles. The molecule has 1 aromatic carbocycles. The van der Waals surface area contributed by atoms with Gasteiger partial charge in [-0.2, -0.15) is 0 Å². The van der Waals surface area contributed by atoms with E-state index in [1.165, 1.54) is 29.6 Å². The van der Waals surface area contributed by atoms with E-state index in [2.05, 4.69) is 28.9 Å². The second-order valence-electron chi connectivity index (χ2n) is 5.22. The summed E-state index contributed by atoms with van der Waals surface area (Å²) < 4.78 is 1.18. The van der Waals surface area contributed by atoms with Crippen LogP contribution in [-0.2, 0) is 0 Å². The number of nitrogens with two attached hydrogens (primary N) is 1. The molecule has 1 aliphatic rings. The van der Waals surface area contributed by atoms with Crippen molar-refractivity contribution in [1.82, 2.24) is 4.98 Å². The summed E-state index contributed by atoms with van der Waals surface area (Å²) in [5.41, 5.74) is 11.1. The van der Waals surface area contributed by atoms with Crippen molar-refractivity contribution in [1.29, 1.82) is 0 Å². The van der Waals surface area contributed by atoms with Crippen LogP contribution in [0, 0.1) is 5.92 Å². The second-order valence-corrected chi connectivity index (χ2v) is 6.11. The van der Waals surface area contributed by atoms with Crippen LogP contribution in [0.1, 0.15) is 26.2 Å². The van der Waals surface area contributed by atoms with Crippen LogP contribution in [0.25, 0.3) is 10.2 Å². The molecule has 1 saturated heterocycles. The van der Waals surface area contributed by atoms with Crippen molar-refractivity contribution < 1.29 is 0 Å². The van der Waals surface area contributed by atoms with Gasteiger partial charge in [0, 0.05) is 13.1 Å². The zero-order chi connectivity index (χ0) is 12.5. The first kappa shape index (κ1) is 11.8. The normalized spacial score (nSPS) is 21.2. The van der Waals surface area contributed by atoms with Gasteiger partial charge in [-0.25, -0.2) is 4.98 Å². The maximum absolute atomic E-state index is 6.28. The van der Waals surface area contributed by atoms with Gasteiger partial charge in [-0.05, 0) is 37.3 Å². The van der Waals surface area contributed by atoms with Gasteiger partial charge in [0.15, 0.2) is 0 Å². The number of fused-ring (bicyclic) bond motifs is 1. The van der Waals surface area contributed by atoms with Crippen molar-refractivity contribution >= 4 is 32.9 Å². The van der Waals surface area contributed by atoms with Gasteiger partial charge in [0.05, 0.1) is 21.6 Å². The van der Waals surface area contributed by atoms with Crippen LogP contribution < -0.4 is 10.6 Å². The minimum Gasteiger partial charge on any atom is -0.395 e. The Bertz CT molecular complexity index is 549. The first-order valence-electron chi connectivity index (χ1n) is 6.62. The van der Waals surface area contributed by atoms with Crippen molar-refractivity contribution in [2.75, 3.05) is 23.7 Å². The lowest BCUT2D eigenvalue weighted by Crippen LogP contribution is -2.25. The van der Waals surface area contributed by atoms with Crippen LogP contribution in [0.3, 0.4) is 0 Å². The molecule has 2 heterocycles. The van der Waals surface area contributed by atoms with E-state index in [4.69, 9.17) is 5.73 Å². The van der Waals surface area contributed by atoms with Gasteiger partial charge in [0.25, 0.3) is 0 Å². The number of anilines is 2. The lowest BCUT2D eigenvalue weighted by molar-refractivity contribution is 0.521. The number of benzene rings is 1. The predicted molar refractivity (Wildman–Crippen MR) is 79.3 cm³/mol. The highest BCUT2D eigenvalue weighted by molar-refractivity contribution is 7.16. The zero-order valence-corrected chi connectivity index (χ0v) is 11.5. The van der Waals surface area contributed by atoms with E-state index in [1.54, 1.807) is 11.3 Å². The first-order chi connectivity index (χ1) is 8.75. The van der Waals surface area contributed by atoms with E-state index < -0.39 is 0 Å². The number of thiazole rings is 1. The topological polar surface area (TPSA) is 42.2 Å². The third-order valence-corrected chi connectivity index (χ3v) is 4.67. The molecule has 1 atom stereocenters. The number of nitrogens with zero attached hydrogens (tertiary/aromatic N) is 2. The third-order valence-electron chi connectivity index (χ3n) is 3.88. The van der Waals surface area contributed by atoms with Crippen LogP contribution >= 0.6 is 11.3 Å². The van der Waals surface area contributed by atoms with E-state index in [0.29, 0.717) is 0 Å². The summed E-state index contributed by atoms with van der Waals surface area (Å²) in [5, 5.41) is 0. The van der Waals surface area contributed by atoms with Crippen LogP contribution in [0.5, 0.6) is 0 Å². The summed E-state index contributed by atoms with van der Waals surface area (Å²) in [6, 6.07) is 4.30. The maximum atomic E-state index is 6.28. The quantitative estimate of drug-likeness (QED) is 0.799. The molecule has 1 aromatic heterocycles. The lowest BCUT2D eigenvalue weighted by atomic mass is 10.0. The number of hydrogen-bond donors (Lipinski definition) is 1. The van der Waals surface area contributed by atoms with E-state index in [0.717, 1.165) is 30.2 Å². The highest BCUT2D eigenvalue weighted by Gasteiger charge is 2.17. The third kappa shape index (κ3) is 2.05. The summed E-state index contributed by atoms with van der Waals surface area (Å²) >= 11 is 1.65. The Hall–Kier alpha value is -1.29. The Morgan fingerprint density at radius 1 is 1.33 bits per heavy atom. The molecule has 0 spiro atoms. The maximum Gasteiger partial charge on any atom is 0.106 e. The van der Waals surface area contributed by atoms with Gasteiger partial charge in [-0.1, -0.05) is 6.92 Å².